The van der Waals surface area contributed by atoms with Gasteiger partial charge in [0.15, 0.2) is 6.17 Å². The third-order valence-corrected chi connectivity index (χ3v) is 3.34. The predicted molar refractivity (Wildman–Crippen MR) is 53.8 cm³/mol. The Hall–Kier alpha value is -1.16. The van der Waals surface area contributed by atoms with E-state index in [-0.39, 0.29) is 12.4 Å². The van der Waals surface area contributed by atoms with Gasteiger partial charge < -0.3 is 9.47 Å². The molecule has 0 bridgehead atoms. The number of fused-ring (bicyclic) bond motifs is 1. The van der Waals surface area contributed by atoms with Gasteiger partial charge in [-0.2, -0.15) is 0 Å². The highest BCUT2D eigenvalue weighted by Crippen LogP contribution is 2.41. The lowest BCUT2D eigenvalue weighted by Crippen LogP contribution is -2.50. The first-order valence-corrected chi connectivity index (χ1v) is 5.39. The smallest absolute Gasteiger partial charge is 0.163 e. The molecule has 3 rings (SSSR count). The van der Waals surface area contributed by atoms with Gasteiger partial charge in [0.2, 0.25) is 0 Å². The second-order valence-corrected chi connectivity index (χ2v) is 4.39. The van der Waals surface area contributed by atoms with Crippen molar-refractivity contribution in [1.29, 1.82) is 0 Å². The van der Waals surface area contributed by atoms with E-state index >= 15 is 0 Å². The molecular weight excluding hydrogens is 214 g/mol. The molecule has 2 nitrogen and oxygen atoms in total. The molecule has 0 aromatic heterocycles. The Morgan fingerprint density at radius 2 is 2.25 bits per heavy atom. The van der Waals surface area contributed by atoms with E-state index in [9.17, 15) is 8.78 Å². The van der Waals surface area contributed by atoms with Crippen molar-refractivity contribution in [3.05, 3.63) is 29.6 Å². The summed E-state index contributed by atoms with van der Waals surface area (Å²) in [5.74, 6) is 0.128. The number of ether oxygens (including phenoxy) is 2. The number of alkyl halides is 1. The third-order valence-electron chi connectivity index (χ3n) is 3.34. The molecule has 1 saturated heterocycles. The van der Waals surface area contributed by atoms with Gasteiger partial charge in [-0.05, 0) is 11.6 Å². The van der Waals surface area contributed by atoms with Gasteiger partial charge in [-0.15, -0.1) is 0 Å². The van der Waals surface area contributed by atoms with Crippen molar-refractivity contribution in [2.75, 3.05) is 13.2 Å². The molecule has 86 valence electrons. The Morgan fingerprint density at radius 3 is 3.06 bits per heavy atom. The monoisotopic (exact) mass is 226 g/mol. The molecule has 0 saturated carbocycles. The zero-order valence-electron chi connectivity index (χ0n) is 8.71. The molecule has 1 spiro atoms. The molecule has 2 aliphatic rings. The largest absolute Gasteiger partial charge is 0.483 e. The average Bonchev–Trinajstić information content (AvgIpc) is 2.61. The van der Waals surface area contributed by atoms with Gasteiger partial charge in [0.1, 0.15) is 17.2 Å². The van der Waals surface area contributed by atoms with Crippen LogP contribution in [0.4, 0.5) is 8.78 Å². The van der Waals surface area contributed by atoms with Gasteiger partial charge in [-0.1, -0.05) is 6.07 Å². The number of halogens is 2. The zero-order chi connectivity index (χ0) is 11.2. The fourth-order valence-corrected chi connectivity index (χ4v) is 2.40. The molecule has 1 aromatic carbocycles. The average molecular weight is 226 g/mol. The Kier molecular flexibility index (Phi) is 2.14. The van der Waals surface area contributed by atoms with Crippen LogP contribution in [0.5, 0.6) is 5.75 Å². The fraction of sp³-hybridized carbons (Fsp3) is 0.500. The van der Waals surface area contributed by atoms with Gasteiger partial charge in [0.25, 0.3) is 0 Å². The quantitative estimate of drug-likeness (QED) is 0.675. The lowest BCUT2D eigenvalue weighted by molar-refractivity contribution is -0.0954. The Bertz CT molecular complexity index is 421. The molecular formula is C12H12F2O2. The maximum absolute atomic E-state index is 13.9. The Balaban J connectivity index is 1.93. The first-order valence-electron chi connectivity index (χ1n) is 5.39. The van der Waals surface area contributed by atoms with Crippen molar-refractivity contribution >= 4 is 0 Å². The molecule has 4 heteroatoms. The molecule has 0 radical (unpaired) electrons. The molecule has 1 fully saturated rings. The summed E-state index contributed by atoms with van der Waals surface area (Å²) in [4.78, 5) is 0. The summed E-state index contributed by atoms with van der Waals surface area (Å²) in [6.45, 7) is 0.563. The van der Waals surface area contributed by atoms with Crippen molar-refractivity contribution in [3.8, 4) is 5.75 Å². The van der Waals surface area contributed by atoms with Crippen molar-refractivity contribution in [3.63, 3.8) is 0 Å². The van der Waals surface area contributed by atoms with Gasteiger partial charge in [0, 0.05) is 18.9 Å². The summed E-state index contributed by atoms with van der Waals surface area (Å²) in [7, 11) is 0. The first kappa shape index (κ1) is 10.0. The summed E-state index contributed by atoms with van der Waals surface area (Å²) < 4.78 is 37.6. The van der Waals surface area contributed by atoms with Crippen molar-refractivity contribution in [2.24, 2.45) is 0 Å². The van der Waals surface area contributed by atoms with Crippen LogP contribution >= 0.6 is 0 Å². The van der Waals surface area contributed by atoms with E-state index in [0.29, 0.717) is 25.2 Å². The van der Waals surface area contributed by atoms with E-state index < -0.39 is 11.8 Å². The van der Waals surface area contributed by atoms with E-state index in [1.54, 1.807) is 6.07 Å². The number of hydrogen-bond donors (Lipinski definition) is 0. The van der Waals surface area contributed by atoms with Crippen LogP contribution in [-0.4, -0.2) is 25.0 Å². The maximum atomic E-state index is 13.9. The van der Waals surface area contributed by atoms with Gasteiger partial charge in [0.05, 0.1) is 13.2 Å². The van der Waals surface area contributed by atoms with Crippen molar-refractivity contribution in [1.82, 2.24) is 0 Å². The van der Waals surface area contributed by atoms with E-state index in [4.69, 9.17) is 9.47 Å². The molecule has 2 heterocycles. The van der Waals surface area contributed by atoms with E-state index in [1.165, 1.54) is 12.1 Å². The fourth-order valence-electron chi connectivity index (χ4n) is 2.40. The summed E-state index contributed by atoms with van der Waals surface area (Å²) in [5, 5.41) is 0. The second-order valence-electron chi connectivity index (χ2n) is 4.39. The van der Waals surface area contributed by atoms with Gasteiger partial charge in [-0.3, -0.25) is 0 Å². The van der Waals surface area contributed by atoms with Gasteiger partial charge >= 0.3 is 0 Å². The minimum absolute atomic E-state index is 0.0659. The van der Waals surface area contributed by atoms with E-state index in [2.05, 4.69) is 0 Å². The molecule has 2 atom stereocenters. The lowest BCUT2D eigenvalue weighted by Gasteiger charge is -2.35. The SMILES string of the molecule is Fc1ccc2c(c1)OC1(CCOCC1F)C2. The van der Waals surface area contributed by atoms with Crippen LogP contribution in [0.1, 0.15) is 12.0 Å². The topological polar surface area (TPSA) is 18.5 Å². The van der Waals surface area contributed by atoms with Crippen LogP contribution in [0, 0.1) is 5.82 Å². The molecule has 0 amide bonds. The van der Waals surface area contributed by atoms with Crippen LogP contribution in [-0.2, 0) is 11.2 Å². The summed E-state index contributed by atoms with van der Waals surface area (Å²) >= 11 is 0. The number of hydrogen-bond acceptors (Lipinski definition) is 2. The molecule has 0 aliphatic carbocycles. The Morgan fingerprint density at radius 1 is 1.38 bits per heavy atom. The van der Waals surface area contributed by atoms with Crippen molar-refractivity contribution < 1.29 is 18.3 Å². The standard InChI is InChI=1S/C12H12F2O2/c13-9-2-1-8-6-12(16-10(8)5-9)3-4-15-7-11(12)14/h1-2,5,11H,3-4,6-7H2. The van der Waals surface area contributed by atoms with E-state index in [0.717, 1.165) is 5.56 Å². The predicted octanol–water partition coefficient (Wildman–Crippen LogP) is 2.26. The molecule has 2 aliphatic heterocycles. The van der Waals surface area contributed by atoms with Crippen LogP contribution in [0.2, 0.25) is 0 Å². The molecule has 1 aromatic rings. The van der Waals surface area contributed by atoms with Crippen LogP contribution in [0.25, 0.3) is 0 Å². The van der Waals surface area contributed by atoms with Gasteiger partial charge in [-0.25, -0.2) is 8.78 Å². The first-order chi connectivity index (χ1) is 7.70. The van der Waals surface area contributed by atoms with Crippen molar-refractivity contribution in [2.45, 2.75) is 24.6 Å². The Labute approximate surface area is 92.2 Å². The summed E-state index contributed by atoms with van der Waals surface area (Å²) in [6, 6.07) is 4.38. The molecule has 16 heavy (non-hydrogen) atoms. The third kappa shape index (κ3) is 1.40. The normalized spacial score (nSPS) is 32.5. The molecule has 2 unspecified atom stereocenters. The maximum Gasteiger partial charge on any atom is 0.163 e. The van der Waals surface area contributed by atoms with Crippen LogP contribution < -0.4 is 4.74 Å². The van der Waals surface area contributed by atoms with Crippen LogP contribution in [0.15, 0.2) is 18.2 Å². The minimum Gasteiger partial charge on any atom is -0.483 e. The number of rotatable bonds is 0. The summed E-state index contributed by atoms with van der Waals surface area (Å²) in [5.41, 5.74) is 0.0555. The zero-order valence-corrected chi connectivity index (χ0v) is 8.71. The molecule has 0 N–H and O–H groups in total. The lowest BCUT2D eigenvalue weighted by atomic mass is 9.88. The highest BCUT2D eigenvalue weighted by atomic mass is 19.1. The van der Waals surface area contributed by atoms with E-state index in [1.807, 2.05) is 0 Å². The highest BCUT2D eigenvalue weighted by Gasteiger charge is 2.48. The highest BCUT2D eigenvalue weighted by molar-refractivity contribution is 5.40. The van der Waals surface area contributed by atoms with Crippen LogP contribution in [0.3, 0.4) is 0 Å². The summed E-state index contributed by atoms with van der Waals surface area (Å²) in [6.07, 6.45) is -0.117. The minimum atomic E-state index is -1.14. The number of benzene rings is 1. The second kappa shape index (κ2) is 3.42.